The molecule has 0 radical (unpaired) electrons. The normalized spacial score (nSPS) is 10.8. The van der Waals surface area contributed by atoms with Crippen molar-refractivity contribution in [2.24, 2.45) is 0 Å². The van der Waals surface area contributed by atoms with E-state index in [1.165, 1.54) is 18.2 Å². The number of aryl methyl sites for hydroxylation is 2. The lowest BCUT2D eigenvalue weighted by molar-refractivity contribution is 0.0592. The fourth-order valence-electron chi connectivity index (χ4n) is 2.77. The number of esters is 1. The zero-order valence-corrected chi connectivity index (χ0v) is 12.4. The van der Waals surface area contributed by atoms with E-state index in [-0.39, 0.29) is 5.97 Å². The minimum atomic E-state index is -0.328. The number of aromatic nitrogens is 1. The Bertz CT molecular complexity index is 810. The van der Waals surface area contributed by atoms with Gasteiger partial charge in [0.05, 0.1) is 12.6 Å². The molecule has 0 aliphatic carbocycles. The second-order valence-corrected chi connectivity index (χ2v) is 5.26. The van der Waals surface area contributed by atoms with Crippen molar-refractivity contribution in [1.82, 2.24) is 4.57 Å². The van der Waals surface area contributed by atoms with Crippen LogP contribution in [0.3, 0.4) is 0 Å². The van der Waals surface area contributed by atoms with Crippen LogP contribution in [-0.2, 0) is 4.74 Å². The highest BCUT2D eigenvalue weighted by Crippen LogP contribution is 2.26. The number of ether oxygens (including phenoxy) is 1. The molecule has 21 heavy (non-hydrogen) atoms. The minimum Gasteiger partial charge on any atom is -0.464 e. The summed E-state index contributed by atoms with van der Waals surface area (Å²) in [6.07, 6.45) is 0. The summed E-state index contributed by atoms with van der Waals surface area (Å²) >= 11 is 0. The van der Waals surface area contributed by atoms with Gasteiger partial charge in [-0.3, -0.25) is 0 Å². The summed E-state index contributed by atoms with van der Waals surface area (Å²) < 4.78 is 6.89. The predicted molar refractivity (Wildman–Crippen MR) is 84.1 cm³/mol. The van der Waals surface area contributed by atoms with Gasteiger partial charge < -0.3 is 9.30 Å². The van der Waals surface area contributed by atoms with Gasteiger partial charge in [-0.05, 0) is 49.2 Å². The fraction of sp³-hybridized carbons (Fsp3) is 0.167. The highest BCUT2D eigenvalue weighted by Gasteiger charge is 2.17. The van der Waals surface area contributed by atoms with Crippen LogP contribution in [0.15, 0.2) is 48.5 Å². The number of carbonyl (C=O) groups excluding carboxylic acids is 1. The molecule has 0 saturated carbocycles. The van der Waals surface area contributed by atoms with Crippen LogP contribution < -0.4 is 0 Å². The van der Waals surface area contributed by atoms with Gasteiger partial charge in [0.2, 0.25) is 0 Å². The number of benzene rings is 2. The molecule has 0 aliphatic heterocycles. The molecule has 3 rings (SSSR count). The highest BCUT2D eigenvalue weighted by molar-refractivity contribution is 5.97. The Morgan fingerprint density at radius 3 is 2.33 bits per heavy atom. The van der Waals surface area contributed by atoms with Gasteiger partial charge in [-0.15, -0.1) is 0 Å². The maximum atomic E-state index is 12.1. The molecule has 0 spiro atoms. The highest BCUT2D eigenvalue weighted by atomic mass is 16.5. The third-order valence-electron chi connectivity index (χ3n) is 3.57. The molecule has 3 heteroatoms. The Kier molecular flexibility index (Phi) is 3.26. The van der Waals surface area contributed by atoms with Gasteiger partial charge in [0.1, 0.15) is 5.69 Å². The molecule has 0 fully saturated rings. The lowest BCUT2D eigenvalue weighted by Gasteiger charge is -2.11. The van der Waals surface area contributed by atoms with Gasteiger partial charge in [-0.25, -0.2) is 4.79 Å². The van der Waals surface area contributed by atoms with Crippen LogP contribution in [0.2, 0.25) is 0 Å². The second-order valence-electron chi connectivity index (χ2n) is 5.26. The Morgan fingerprint density at radius 1 is 1.00 bits per heavy atom. The summed E-state index contributed by atoms with van der Waals surface area (Å²) in [6, 6.07) is 16.1. The Hall–Kier alpha value is -2.55. The molecule has 1 aromatic heterocycles. The molecular formula is C18H17NO2. The van der Waals surface area contributed by atoms with E-state index >= 15 is 0 Å². The third kappa shape index (κ3) is 2.31. The number of nitrogens with zero attached hydrogens (tertiary/aromatic N) is 1. The van der Waals surface area contributed by atoms with Crippen LogP contribution in [0.5, 0.6) is 0 Å². The van der Waals surface area contributed by atoms with Crippen molar-refractivity contribution < 1.29 is 9.53 Å². The quantitative estimate of drug-likeness (QED) is 0.663. The molecule has 1 heterocycles. The van der Waals surface area contributed by atoms with Crippen LogP contribution >= 0.6 is 0 Å². The van der Waals surface area contributed by atoms with Crippen molar-refractivity contribution >= 4 is 16.9 Å². The number of carbonyl (C=O) groups is 1. The summed E-state index contributed by atoms with van der Waals surface area (Å²) in [6.45, 7) is 4.11. The molecule has 0 N–H and O–H groups in total. The number of para-hydroxylation sites is 1. The molecule has 0 atom stereocenters. The van der Waals surface area contributed by atoms with Crippen LogP contribution in [0, 0.1) is 13.8 Å². The first-order valence-corrected chi connectivity index (χ1v) is 6.87. The number of fused-ring (bicyclic) bond motifs is 1. The molecule has 0 aliphatic rings. The van der Waals surface area contributed by atoms with Crippen molar-refractivity contribution in [3.63, 3.8) is 0 Å². The maximum Gasteiger partial charge on any atom is 0.355 e. The first-order valence-electron chi connectivity index (χ1n) is 6.87. The van der Waals surface area contributed by atoms with Crippen LogP contribution in [0.1, 0.15) is 21.6 Å². The van der Waals surface area contributed by atoms with Crippen molar-refractivity contribution in [3.05, 3.63) is 65.4 Å². The molecule has 0 saturated heterocycles. The van der Waals surface area contributed by atoms with Crippen LogP contribution in [-0.4, -0.2) is 17.6 Å². The average molecular weight is 279 g/mol. The zero-order chi connectivity index (χ0) is 15.0. The van der Waals surface area contributed by atoms with E-state index in [9.17, 15) is 4.79 Å². The predicted octanol–water partition coefficient (Wildman–Crippen LogP) is 4.03. The molecule has 3 aromatic rings. The maximum absolute atomic E-state index is 12.1. The third-order valence-corrected chi connectivity index (χ3v) is 3.57. The molecule has 3 nitrogen and oxygen atoms in total. The monoisotopic (exact) mass is 279 g/mol. The Labute approximate surface area is 123 Å². The first-order chi connectivity index (χ1) is 10.1. The smallest absolute Gasteiger partial charge is 0.355 e. The first kappa shape index (κ1) is 13.4. The molecule has 0 unspecified atom stereocenters. The van der Waals surface area contributed by atoms with Crippen LogP contribution in [0.25, 0.3) is 16.6 Å². The van der Waals surface area contributed by atoms with E-state index in [0.29, 0.717) is 5.69 Å². The summed E-state index contributed by atoms with van der Waals surface area (Å²) in [7, 11) is 1.41. The number of hydrogen-bond acceptors (Lipinski definition) is 2. The number of hydrogen-bond donors (Lipinski definition) is 0. The summed E-state index contributed by atoms with van der Waals surface area (Å²) in [5, 5.41) is 1.03. The van der Waals surface area contributed by atoms with Gasteiger partial charge in [-0.2, -0.15) is 0 Å². The van der Waals surface area contributed by atoms with Crippen molar-refractivity contribution in [1.29, 1.82) is 0 Å². The van der Waals surface area contributed by atoms with E-state index in [1.54, 1.807) is 0 Å². The average Bonchev–Trinajstić information content (AvgIpc) is 2.84. The van der Waals surface area contributed by atoms with E-state index in [4.69, 9.17) is 4.74 Å². The topological polar surface area (TPSA) is 31.2 Å². The van der Waals surface area contributed by atoms with E-state index in [1.807, 2.05) is 34.9 Å². The minimum absolute atomic E-state index is 0.328. The van der Waals surface area contributed by atoms with E-state index < -0.39 is 0 Å². The SMILES string of the molecule is COC(=O)c1cc2ccccc2n1-c1cc(C)cc(C)c1. The summed E-state index contributed by atoms with van der Waals surface area (Å²) in [4.78, 5) is 12.1. The second kappa shape index (κ2) is 5.09. The van der Waals surface area contributed by atoms with Gasteiger partial charge in [0.15, 0.2) is 0 Å². The standard InChI is InChI=1S/C18H17NO2/c1-12-8-13(2)10-15(9-12)19-16-7-5-4-6-14(16)11-17(19)18(20)21-3/h4-11H,1-3H3. The van der Waals surface area contributed by atoms with Crippen molar-refractivity contribution in [2.75, 3.05) is 7.11 Å². The molecule has 0 bridgehead atoms. The molecular weight excluding hydrogens is 262 g/mol. The largest absolute Gasteiger partial charge is 0.464 e. The van der Waals surface area contributed by atoms with E-state index in [2.05, 4.69) is 32.0 Å². The van der Waals surface area contributed by atoms with Gasteiger partial charge in [0, 0.05) is 11.1 Å². The van der Waals surface area contributed by atoms with Gasteiger partial charge in [-0.1, -0.05) is 24.3 Å². The lowest BCUT2D eigenvalue weighted by Crippen LogP contribution is -2.09. The Morgan fingerprint density at radius 2 is 1.67 bits per heavy atom. The van der Waals surface area contributed by atoms with Crippen molar-refractivity contribution in [3.8, 4) is 5.69 Å². The lowest BCUT2D eigenvalue weighted by atomic mass is 10.1. The Balaban J connectivity index is 2.35. The fourth-order valence-corrected chi connectivity index (χ4v) is 2.77. The van der Waals surface area contributed by atoms with Gasteiger partial charge in [0.25, 0.3) is 0 Å². The number of methoxy groups -OCH3 is 1. The van der Waals surface area contributed by atoms with Gasteiger partial charge >= 0.3 is 5.97 Å². The molecule has 0 amide bonds. The molecule has 106 valence electrons. The summed E-state index contributed by atoms with van der Waals surface area (Å²) in [5.41, 5.74) is 4.86. The van der Waals surface area contributed by atoms with Crippen LogP contribution in [0.4, 0.5) is 0 Å². The summed E-state index contributed by atoms with van der Waals surface area (Å²) in [5.74, 6) is -0.328. The van der Waals surface area contributed by atoms with E-state index in [0.717, 1.165) is 16.6 Å². The van der Waals surface area contributed by atoms with Crippen molar-refractivity contribution in [2.45, 2.75) is 13.8 Å². The number of rotatable bonds is 2. The molecule has 2 aromatic carbocycles. The zero-order valence-electron chi connectivity index (χ0n) is 12.4.